The maximum absolute atomic E-state index is 12.0. The summed E-state index contributed by atoms with van der Waals surface area (Å²) in [6.07, 6.45) is 1.89. The summed E-state index contributed by atoms with van der Waals surface area (Å²) in [6, 6.07) is 2.02. The van der Waals surface area contributed by atoms with Crippen molar-refractivity contribution in [2.45, 2.75) is 19.9 Å². The van der Waals surface area contributed by atoms with Crippen LogP contribution in [0.5, 0.6) is 0 Å². The fraction of sp³-hybridized carbons (Fsp3) is 0.583. The van der Waals surface area contributed by atoms with Crippen molar-refractivity contribution in [1.29, 1.82) is 0 Å². The number of amides is 1. The summed E-state index contributed by atoms with van der Waals surface area (Å²) in [6.45, 7) is 5.16. The Morgan fingerprint density at radius 1 is 1.56 bits per heavy atom. The number of aliphatic hydroxyl groups excluding tert-OH is 1. The predicted octanol–water partition coefficient (Wildman–Crippen LogP) is 1.57. The summed E-state index contributed by atoms with van der Waals surface area (Å²) < 4.78 is 7.87. The second-order valence-corrected chi connectivity index (χ2v) is 5.05. The van der Waals surface area contributed by atoms with E-state index in [-0.39, 0.29) is 18.6 Å². The van der Waals surface area contributed by atoms with Crippen LogP contribution in [0, 0.1) is 0 Å². The number of nitrogens with zero attached hydrogens (tertiary/aromatic N) is 1. The third-order valence-electron chi connectivity index (χ3n) is 2.37. The lowest BCUT2D eigenvalue weighted by Gasteiger charge is -2.12. The Labute approximate surface area is 115 Å². The monoisotopic (exact) mass is 318 g/mol. The van der Waals surface area contributed by atoms with Gasteiger partial charge in [0.2, 0.25) is 0 Å². The molecule has 1 aromatic heterocycles. The van der Waals surface area contributed by atoms with E-state index in [1.165, 1.54) is 0 Å². The van der Waals surface area contributed by atoms with Gasteiger partial charge in [-0.1, -0.05) is 0 Å². The quantitative estimate of drug-likeness (QED) is 0.750. The van der Waals surface area contributed by atoms with Crippen LogP contribution < -0.4 is 5.32 Å². The summed E-state index contributed by atoms with van der Waals surface area (Å²) >= 11 is 3.37. The molecule has 1 amide bonds. The molecule has 1 aromatic rings. The Morgan fingerprint density at radius 3 is 2.89 bits per heavy atom. The van der Waals surface area contributed by atoms with Gasteiger partial charge in [-0.2, -0.15) is 0 Å². The molecule has 0 fully saturated rings. The van der Waals surface area contributed by atoms with Gasteiger partial charge in [0.05, 0.1) is 19.8 Å². The summed E-state index contributed by atoms with van der Waals surface area (Å²) in [4.78, 5) is 12.0. The zero-order valence-electron chi connectivity index (χ0n) is 10.6. The molecule has 5 nitrogen and oxygen atoms in total. The third kappa shape index (κ3) is 4.44. The van der Waals surface area contributed by atoms with Crippen LogP contribution in [0.2, 0.25) is 0 Å². The first-order valence-electron chi connectivity index (χ1n) is 5.90. The molecule has 1 heterocycles. The number of rotatable bonds is 7. The molecule has 1 rings (SSSR count). The highest BCUT2D eigenvalue weighted by Gasteiger charge is 2.14. The van der Waals surface area contributed by atoms with Crippen molar-refractivity contribution in [3.63, 3.8) is 0 Å². The first-order valence-corrected chi connectivity index (χ1v) is 6.69. The van der Waals surface area contributed by atoms with Gasteiger partial charge < -0.3 is 19.7 Å². The molecule has 0 aliphatic heterocycles. The Morgan fingerprint density at radius 2 is 2.28 bits per heavy atom. The van der Waals surface area contributed by atoms with Crippen molar-refractivity contribution in [3.8, 4) is 0 Å². The standard InChI is InChI=1S/C12H19BrN2O3/c1-9(2)15-8-10(13)7-11(15)12(17)14-3-5-18-6-4-16/h7-9,16H,3-6H2,1-2H3,(H,14,17). The number of ether oxygens (including phenoxy) is 1. The second kappa shape index (κ2) is 7.56. The zero-order valence-corrected chi connectivity index (χ0v) is 12.2. The number of aromatic nitrogens is 1. The van der Waals surface area contributed by atoms with Crippen molar-refractivity contribution in [2.75, 3.05) is 26.4 Å². The van der Waals surface area contributed by atoms with Gasteiger partial charge in [0.15, 0.2) is 0 Å². The van der Waals surface area contributed by atoms with E-state index in [9.17, 15) is 4.79 Å². The van der Waals surface area contributed by atoms with Crippen molar-refractivity contribution in [3.05, 3.63) is 22.4 Å². The fourth-order valence-corrected chi connectivity index (χ4v) is 1.99. The van der Waals surface area contributed by atoms with Gasteiger partial charge in [0.25, 0.3) is 5.91 Å². The lowest BCUT2D eigenvalue weighted by atomic mass is 10.3. The molecule has 0 spiro atoms. The van der Waals surface area contributed by atoms with Crippen LogP contribution >= 0.6 is 15.9 Å². The maximum atomic E-state index is 12.0. The van der Waals surface area contributed by atoms with Crippen LogP contribution in [0.4, 0.5) is 0 Å². The number of hydrogen-bond donors (Lipinski definition) is 2. The minimum Gasteiger partial charge on any atom is -0.394 e. The Hall–Kier alpha value is -0.850. The van der Waals surface area contributed by atoms with Crippen molar-refractivity contribution in [2.24, 2.45) is 0 Å². The molecule has 0 saturated carbocycles. The number of aliphatic hydroxyl groups is 1. The van der Waals surface area contributed by atoms with Crippen molar-refractivity contribution >= 4 is 21.8 Å². The van der Waals surface area contributed by atoms with E-state index in [2.05, 4.69) is 21.2 Å². The molecule has 0 atom stereocenters. The Kier molecular flexibility index (Phi) is 6.38. The van der Waals surface area contributed by atoms with Crippen molar-refractivity contribution < 1.29 is 14.6 Å². The molecular weight excluding hydrogens is 300 g/mol. The number of hydrogen-bond acceptors (Lipinski definition) is 3. The molecule has 0 aliphatic carbocycles. The molecule has 0 radical (unpaired) electrons. The van der Waals surface area contributed by atoms with Gasteiger partial charge in [-0.05, 0) is 35.8 Å². The Balaban J connectivity index is 2.51. The molecule has 0 saturated heterocycles. The van der Waals surface area contributed by atoms with Crippen LogP contribution in [0.1, 0.15) is 30.4 Å². The van der Waals surface area contributed by atoms with E-state index < -0.39 is 0 Å². The van der Waals surface area contributed by atoms with E-state index in [4.69, 9.17) is 9.84 Å². The van der Waals surface area contributed by atoms with E-state index in [1.54, 1.807) is 6.07 Å². The minimum absolute atomic E-state index is 0.00288. The smallest absolute Gasteiger partial charge is 0.268 e. The van der Waals surface area contributed by atoms with Gasteiger partial charge in [0, 0.05) is 23.3 Å². The largest absolute Gasteiger partial charge is 0.394 e. The summed E-state index contributed by atoms with van der Waals surface area (Å²) in [5.74, 6) is -0.123. The van der Waals surface area contributed by atoms with Gasteiger partial charge >= 0.3 is 0 Å². The molecule has 6 heteroatoms. The lowest BCUT2D eigenvalue weighted by molar-refractivity contribution is 0.0832. The lowest BCUT2D eigenvalue weighted by Crippen LogP contribution is -2.29. The highest BCUT2D eigenvalue weighted by molar-refractivity contribution is 9.10. The third-order valence-corrected chi connectivity index (χ3v) is 2.81. The molecule has 102 valence electrons. The predicted molar refractivity (Wildman–Crippen MR) is 72.8 cm³/mol. The highest BCUT2D eigenvalue weighted by atomic mass is 79.9. The normalized spacial score (nSPS) is 10.9. The zero-order chi connectivity index (χ0) is 13.5. The number of carbonyl (C=O) groups excluding carboxylic acids is 1. The van der Waals surface area contributed by atoms with E-state index in [1.807, 2.05) is 24.6 Å². The van der Waals surface area contributed by atoms with Crippen LogP contribution in [-0.4, -0.2) is 41.9 Å². The van der Waals surface area contributed by atoms with Crippen LogP contribution in [0.3, 0.4) is 0 Å². The molecular formula is C12H19BrN2O3. The number of halogens is 1. The van der Waals surface area contributed by atoms with Gasteiger partial charge in [-0.15, -0.1) is 0 Å². The molecule has 0 aliphatic rings. The SMILES string of the molecule is CC(C)n1cc(Br)cc1C(=O)NCCOCCO. The highest BCUT2D eigenvalue weighted by Crippen LogP contribution is 2.19. The van der Waals surface area contributed by atoms with E-state index >= 15 is 0 Å². The molecule has 0 bridgehead atoms. The number of carbonyl (C=O) groups is 1. The summed E-state index contributed by atoms with van der Waals surface area (Å²) in [5, 5.41) is 11.3. The van der Waals surface area contributed by atoms with E-state index in [0.717, 1.165) is 4.47 Å². The molecule has 0 unspecified atom stereocenters. The van der Waals surface area contributed by atoms with Crippen molar-refractivity contribution in [1.82, 2.24) is 9.88 Å². The Bertz CT molecular complexity index is 391. The number of nitrogens with one attached hydrogen (secondary N) is 1. The first kappa shape index (κ1) is 15.2. The second-order valence-electron chi connectivity index (χ2n) is 4.14. The topological polar surface area (TPSA) is 63.5 Å². The maximum Gasteiger partial charge on any atom is 0.268 e. The van der Waals surface area contributed by atoms with Crippen LogP contribution in [0.25, 0.3) is 0 Å². The minimum atomic E-state index is -0.123. The van der Waals surface area contributed by atoms with E-state index in [0.29, 0.717) is 25.5 Å². The van der Waals surface area contributed by atoms with Gasteiger partial charge in [0.1, 0.15) is 5.69 Å². The molecule has 18 heavy (non-hydrogen) atoms. The van der Waals surface area contributed by atoms with Crippen LogP contribution in [0.15, 0.2) is 16.7 Å². The van der Waals surface area contributed by atoms with Gasteiger partial charge in [-0.3, -0.25) is 4.79 Å². The average molecular weight is 319 g/mol. The first-order chi connectivity index (χ1) is 8.56. The van der Waals surface area contributed by atoms with Crippen LogP contribution in [-0.2, 0) is 4.74 Å². The molecule has 2 N–H and O–H groups in total. The summed E-state index contributed by atoms with van der Waals surface area (Å²) in [7, 11) is 0. The van der Waals surface area contributed by atoms with Gasteiger partial charge in [-0.25, -0.2) is 0 Å². The molecule has 0 aromatic carbocycles. The summed E-state index contributed by atoms with van der Waals surface area (Å²) in [5.41, 5.74) is 0.624. The fourth-order valence-electron chi connectivity index (χ4n) is 1.55. The average Bonchev–Trinajstić information content (AvgIpc) is 2.71.